The van der Waals surface area contributed by atoms with Crippen LogP contribution in [0.3, 0.4) is 0 Å². The number of carbonyl (C=O) groups is 1. The number of hydrogen-bond acceptors (Lipinski definition) is 7. The van der Waals surface area contributed by atoms with Crippen molar-refractivity contribution < 1.29 is 28.5 Å². The molecule has 392 valence electrons. The van der Waals surface area contributed by atoms with E-state index >= 15 is 0 Å². The van der Waals surface area contributed by atoms with Gasteiger partial charge in [0.15, 0.2) is 11.6 Å². The van der Waals surface area contributed by atoms with Gasteiger partial charge >= 0.3 is 5.97 Å². The number of hydrogen-bond donors (Lipinski definition) is 0. The summed E-state index contributed by atoms with van der Waals surface area (Å²) in [6.07, 6.45) is 50.7. The third-order valence-corrected chi connectivity index (χ3v) is 15.2. The quantitative estimate of drug-likeness (QED) is 0.0342. The molecule has 0 aromatic carbocycles. The fourth-order valence-electron chi connectivity index (χ4n) is 10.8. The van der Waals surface area contributed by atoms with E-state index in [1.54, 1.807) is 0 Å². The molecule has 0 N–H and O–H groups in total. The zero-order valence-corrected chi connectivity index (χ0v) is 45.4. The van der Waals surface area contributed by atoms with Gasteiger partial charge in [0.2, 0.25) is 0 Å². The molecular weight excluding hydrogens is 819 g/mol. The van der Waals surface area contributed by atoms with Crippen LogP contribution in [0.25, 0.3) is 0 Å². The molecule has 0 aromatic heterocycles. The summed E-state index contributed by atoms with van der Waals surface area (Å²) in [6, 6.07) is 0. The highest BCUT2D eigenvalue weighted by atomic mass is 16.7. The number of nitrogens with zero attached hydrogens (tertiary/aromatic N) is 1. The molecule has 2 fully saturated rings. The number of unbranched alkanes of at least 4 members (excludes halogenated alkanes) is 16. The Kier molecular flexibility index (Phi) is 39.1. The van der Waals surface area contributed by atoms with Crippen molar-refractivity contribution >= 4 is 5.97 Å². The highest BCUT2D eigenvalue weighted by Crippen LogP contribution is 2.36. The van der Waals surface area contributed by atoms with Gasteiger partial charge in [0, 0.05) is 32.1 Å². The van der Waals surface area contributed by atoms with Gasteiger partial charge in [0.1, 0.15) is 6.10 Å². The Labute approximate surface area is 411 Å². The largest absolute Gasteiger partial charge is 0.462 e. The van der Waals surface area contributed by atoms with Gasteiger partial charge in [0.25, 0.3) is 0 Å². The number of esters is 1. The van der Waals surface area contributed by atoms with Gasteiger partial charge < -0.3 is 28.6 Å². The molecule has 0 aromatic rings. The van der Waals surface area contributed by atoms with Gasteiger partial charge in [0.05, 0.1) is 26.4 Å². The molecule has 2 aliphatic carbocycles. The Morgan fingerprint density at radius 2 is 0.758 bits per heavy atom. The molecule has 7 heteroatoms. The minimum atomic E-state index is -0.343. The molecule has 2 aliphatic rings. The summed E-state index contributed by atoms with van der Waals surface area (Å²) in [6.45, 7) is 13.5. The maximum absolute atomic E-state index is 12.9. The van der Waals surface area contributed by atoms with Crippen LogP contribution in [0.2, 0.25) is 0 Å². The highest BCUT2D eigenvalue weighted by Gasteiger charge is 2.35. The molecule has 0 heterocycles. The summed E-state index contributed by atoms with van der Waals surface area (Å²) in [5.41, 5.74) is 0. The maximum atomic E-state index is 12.9. The first-order chi connectivity index (χ1) is 32.3. The Bertz CT molecular complexity index is 969. The van der Waals surface area contributed by atoms with Crippen LogP contribution in [-0.4, -0.2) is 75.6 Å². The van der Waals surface area contributed by atoms with Crippen LogP contribution in [0.1, 0.15) is 297 Å². The third-order valence-electron chi connectivity index (χ3n) is 15.2. The van der Waals surface area contributed by atoms with E-state index in [-0.39, 0.29) is 23.6 Å². The predicted octanol–water partition coefficient (Wildman–Crippen LogP) is 17.6. The van der Waals surface area contributed by atoms with Gasteiger partial charge in [-0.25, -0.2) is 0 Å². The van der Waals surface area contributed by atoms with E-state index < -0.39 is 0 Å². The minimum Gasteiger partial charge on any atom is -0.462 e. The molecule has 2 saturated carbocycles. The lowest BCUT2D eigenvalue weighted by Crippen LogP contribution is -2.39. The van der Waals surface area contributed by atoms with Crippen LogP contribution >= 0.6 is 0 Å². The average molecular weight is 935 g/mol. The van der Waals surface area contributed by atoms with Gasteiger partial charge in [-0.05, 0) is 116 Å². The van der Waals surface area contributed by atoms with Crippen molar-refractivity contribution in [1.82, 2.24) is 4.90 Å². The van der Waals surface area contributed by atoms with Crippen LogP contribution in [0.4, 0.5) is 0 Å². The second-order valence-corrected chi connectivity index (χ2v) is 21.8. The van der Waals surface area contributed by atoms with Gasteiger partial charge in [-0.15, -0.1) is 0 Å². The van der Waals surface area contributed by atoms with Crippen molar-refractivity contribution in [3.05, 3.63) is 0 Å². The summed E-state index contributed by atoms with van der Waals surface area (Å²) in [5.74, 6) is 0.909. The first kappa shape index (κ1) is 61.4. The number of rotatable bonds is 47. The van der Waals surface area contributed by atoms with Crippen molar-refractivity contribution in [3.63, 3.8) is 0 Å². The molecular formula is C59H115NO6. The van der Waals surface area contributed by atoms with Crippen molar-refractivity contribution in [2.45, 2.75) is 315 Å². The smallest absolute Gasteiger partial charge is 0.306 e. The number of ether oxygens (including phenoxy) is 5. The summed E-state index contributed by atoms with van der Waals surface area (Å²) in [7, 11) is 4.14. The van der Waals surface area contributed by atoms with Crippen LogP contribution in [-0.2, 0) is 28.5 Å². The monoisotopic (exact) mass is 934 g/mol. The maximum Gasteiger partial charge on any atom is 0.306 e. The first-order valence-electron chi connectivity index (χ1n) is 29.7. The third kappa shape index (κ3) is 32.2. The Hall–Kier alpha value is -0.730. The van der Waals surface area contributed by atoms with Crippen LogP contribution in [0, 0.1) is 11.8 Å². The SMILES string of the molecule is CCCCCC(CCCCC)CCOC1(OCCCCCCCC(CCCCCCCOC2(OCCC(CCCCC)CCCCC)CCCCC2)OC(=O)CCCN(C)C)CCCCC1. The van der Waals surface area contributed by atoms with Crippen molar-refractivity contribution in [2.75, 3.05) is 47.1 Å². The fraction of sp³-hybridized carbons (Fsp3) is 0.983. The van der Waals surface area contributed by atoms with Crippen molar-refractivity contribution in [3.8, 4) is 0 Å². The molecule has 0 saturated heterocycles. The average Bonchev–Trinajstić information content (AvgIpc) is 3.31. The van der Waals surface area contributed by atoms with E-state index in [1.165, 1.54) is 193 Å². The molecule has 7 nitrogen and oxygen atoms in total. The number of carbonyl (C=O) groups excluding carboxylic acids is 1. The van der Waals surface area contributed by atoms with Crippen LogP contribution in [0.5, 0.6) is 0 Å². The van der Waals surface area contributed by atoms with Crippen LogP contribution in [0.15, 0.2) is 0 Å². The Balaban J connectivity index is 1.71. The van der Waals surface area contributed by atoms with Crippen molar-refractivity contribution in [2.24, 2.45) is 11.8 Å². The standard InChI is InChI=1S/C59H115NO6/c1-7-11-23-36-54(37-24-12-8-2)43-52-64-58(45-29-21-30-46-58)62-50-33-19-15-17-27-40-56(66-57(61)42-35-49-60(5)6)41-28-18-16-20-34-51-63-59(47-31-22-32-48-59)65-53-44-55(38-25-13-9-3)39-26-14-10-4/h54-56H,7-53H2,1-6H3. The molecule has 2 rings (SSSR count). The molecule has 0 spiro atoms. The summed E-state index contributed by atoms with van der Waals surface area (Å²) >= 11 is 0. The summed E-state index contributed by atoms with van der Waals surface area (Å²) in [5, 5.41) is 0. The molecule has 0 aliphatic heterocycles. The van der Waals surface area contributed by atoms with Crippen LogP contribution < -0.4 is 0 Å². The lowest BCUT2D eigenvalue weighted by Gasteiger charge is -2.37. The fourth-order valence-corrected chi connectivity index (χ4v) is 10.8. The first-order valence-corrected chi connectivity index (χ1v) is 29.7. The summed E-state index contributed by atoms with van der Waals surface area (Å²) in [4.78, 5) is 15.0. The molecule has 0 unspecified atom stereocenters. The topological polar surface area (TPSA) is 66.5 Å². The van der Waals surface area contributed by atoms with Crippen molar-refractivity contribution in [1.29, 1.82) is 0 Å². The Morgan fingerprint density at radius 3 is 1.14 bits per heavy atom. The van der Waals surface area contributed by atoms with Gasteiger partial charge in [-0.1, -0.05) is 182 Å². The highest BCUT2D eigenvalue weighted by molar-refractivity contribution is 5.69. The van der Waals surface area contributed by atoms with E-state index in [4.69, 9.17) is 23.7 Å². The zero-order chi connectivity index (χ0) is 47.7. The molecule has 0 bridgehead atoms. The van der Waals surface area contributed by atoms with Gasteiger partial charge in [-0.3, -0.25) is 4.79 Å². The van der Waals surface area contributed by atoms with Gasteiger partial charge in [-0.2, -0.15) is 0 Å². The second kappa shape index (κ2) is 42.0. The predicted molar refractivity (Wildman–Crippen MR) is 281 cm³/mol. The van der Waals surface area contributed by atoms with E-state index in [9.17, 15) is 4.79 Å². The molecule has 66 heavy (non-hydrogen) atoms. The lowest BCUT2D eigenvalue weighted by atomic mass is 9.91. The van der Waals surface area contributed by atoms with E-state index in [1.807, 2.05) is 0 Å². The zero-order valence-electron chi connectivity index (χ0n) is 45.4. The Morgan fingerprint density at radius 1 is 0.409 bits per heavy atom. The summed E-state index contributed by atoms with van der Waals surface area (Å²) < 4.78 is 32.9. The minimum absolute atomic E-state index is 0.0131. The molecule has 0 radical (unpaired) electrons. The lowest BCUT2D eigenvalue weighted by molar-refractivity contribution is -0.254. The molecule has 0 atom stereocenters. The van der Waals surface area contributed by atoms with E-state index in [0.717, 1.165) is 115 Å². The van der Waals surface area contributed by atoms with E-state index in [2.05, 4.69) is 46.7 Å². The molecule has 0 amide bonds. The van der Waals surface area contributed by atoms with E-state index in [0.29, 0.717) is 6.42 Å². The second-order valence-electron chi connectivity index (χ2n) is 21.8. The normalized spacial score (nSPS) is 16.3.